The topological polar surface area (TPSA) is 72.8 Å². The Kier molecular flexibility index (Phi) is 6.11. The lowest BCUT2D eigenvalue weighted by molar-refractivity contribution is 0.109. The Hall–Kier alpha value is -2.83. The molecule has 1 heterocycles. The zero-order valence-corrected chi connectivity index (χ0v) is 15.7. The van der Waals surface area contributed by atoms with E-state index in [2.05, 4.69) is 5.32 Å². The summed E-state index contributed by atoms with van der Waals surface area (Å²) in [5.41, 5.74) is 2.48. The molecule has 3 aromatic rings. The molecule has 2 aromatic carbocycles. The predicted molar refractivity (Wildman–Crippen MR) is 106 cm³/mol. The van der Waals surface area contributed by atoms with Crippen LogP contribution in [0.2, 0.25) is 0 Å². The zero-order chi connectivity index (χ0) is 19.2. The van der Waals surface area contributed by atoms with Crippen molar-refractivity contribution < 1.29 is 19.3 Å². The van der Waals surface area contributed by atoms with Crippen molar-refractivity contribution in [2.45, 2.75) is 6.10 Å². The Morgan fingerprint density at radius 3 is 2.37 bits per heavy atom. The van der Waals surface area contributed by atoms with Gasteiger partial charge in [-0.1, -0.05) is 0 Å². The summed E-state index contributed by atoms with van der Waals surface area (Å²) in [6.45, 7) is 0.649. The maximum Gasteiger partial charge on any atom is 0.131 e. The van der Waals surface area contributed by atoms with Crippen molar-refractivity contribution in [1.29, 1.82) is 0 Å². The van der Waals surface area contributed by atoms with Crippen molar-refractivity contribution in [3.63, 3.8) is 0 Å². The zero-order valence-electron chi connectivity index (χ0n) is 15.7. The number of aliphatic hydroxyl groups excluding tert-OH is 1. The number of likely N-dealkylation sites (N-methyl/N-ethyl adjacent to an activating group) is 1. The average Bonchev–Trinajstić information content (AvgIpc) is 2.71. The van der Waals surface area contributed by atoms with Crippen molar-refractivity contribution in [1.82, 2.24) is 10.3 Å². The van der Waals surface area contributed by atoms with Gasteiger partial charge in [0.05, 0.1) is 25.4 Å². The molecule has 0 spiro atoms. The van der Waals surface area contributed by atoms with Crippen molar-refractivity contribution in [3.8, 4) is 28.5 Å². The van der Waals surface area contributed by atoms with Gasteiger partial charge in [-0.25, -0.2) is 4.98 Å². The number of hydrogen-bond donors (Lipinski definition) is 2. The fourth-order valence-corrected chi connectivity index (χ4v) is 2.81. The highest BCUT2D eigenvalue weighted by Crippen LogP contribution is 2.32. The normalized spacial score (nSPS) is 12.0. The molecule has 0 amide bonds. The molecule has 6 nitrogen and oxygen atoms in total. The van der Waals surface area contributed by atoms with Gasteiger partial charge < -0.3 is 24.6 Å². The number of nitrogens with zero attached hydrogens (tertiary/aromatic N) is 1. The summed E-state index contributed by atoms with van der Waals surface area (Å²) in [6.07, 6.45) is -0.596. The summed E-state index contributed by atoms with van der Waals surface area (Å²) in [7, 11) is 5.05. The van der Waals surface area contributed by atoms with E-state index in [0.717, 1.165) is 33.7 Å². The molecule has 0 saturated heterocycles. The first-order chi connectivity index (χ1) is 13.1. The van der Waals surface area contributed by atoms with Gasteiger partial charge in [-0.2, -0.15) is 0 Å². The molecule has 142 valence electrons. The molecule has 0 aliphatic rings. The Morgan fingerprint density at radius 1 is 1.00 bits per heavy atom. The molecule has 0 aliphatic heterocycles. The van der Waals surface area contributed by atoms with E-state index in [9.17, 15) is 5.11 Å². The minimum Gasteiger partial charge on any atom is -0.497 e. The molecule has 2 N–H and O–H groups in total. The highest BCUT2D eigenvalue weighted by Gasteiger charge is 2.12. The fraction of sp³-hybridized carbons (Fsp3) is 0.286. The number of pyridine rings is 1. The molecule has 0 aliphatic carbocycles. The van der Waals surface area contributed by atoms with Crippen LogP contribution in [-0.4, -0.2) is 50.6 Å². The van der Waals surface area contributed by atoms with Crippen LogP contribution in [0.5, 0.6) is 17.2 Å². The van der Waals surface area contributed by atoms with Crippen LogP contribution in [0.1, 0.15) is 0 Å². The van der Waals surface area contributed by atoms with Crippen molar-refractivity contribution in [2.24, 2.45) is 0 Å². The van der Waals surface area contributed by atoms with Crippen LogP contribution in [0.4, 0.5) is 0 Å². The van der Waals surface area contributed by atoms with E-state index < -0.39 is 6.10 Å². The third-order valence-electron chi connectivity index (χ3n) is 4.24. The van der Waals surface area contributed by atoms with Gasteiger partial charge in [0, 0.05) is 29.6 Å². The molecule has 0 bridgehead atoms. The molecular weight excluding hydrogens is 344 g/mol. The maximum absolute atomic E-state index is 9.97. The molecule has 27 heavy (non-hydrogen) atoms. The number of methoxy groups -OCH3 is 2. The van der Waals surface area contributed by atoms with Crippen LogP contribution in [0.15, 0.2) is 48.5 Å². The van der Waals surface area contributed by atoms with Gasteiger partial charge >= 0.3 is 0 Å². The van der Waals surface area contributed by atoms with Gasteiger partial charge in [-0.3, -0.25) is 0 Å². The van der Waals surface area contributed by atoms with E-state index in [0.29, 0.717) is 12.3 Å². The summed E-state index contributed by atoms with van der Waals surface area (Å²) in [4.78, 5) is 4.76. The largest absolute Gasteiger partial charge is 0.497 e. The first-order valence-electron chi connectivity index (χ1n) is 8.73. The number of aromatic nitrogens is 1. The summed E-state index contributed by atoms with van der Waals surface area (Å²) in [5.74, 6) is 2.18. The van der Waals surface area contributed by atoms with E-state index in [1.54, 1.807) is 21.3 Å². The monoisotopic (exact) mass is 368 g/mol. The van der Waals surface area contributed by atoms with Gasteiger partial charge in [0.15, 0.2) is 0 Å². The second kappa shape index (κ2) is 8.70. The fourth-order valence-electron chi connectivity index (χ4n) is 2.81. The van der Waals surface area contributed by atoms with E-state index in [1.165, 1.54) is 0 Å². The molecule has 0 fully saturated rings. The molecule has 3 rings (SSSR count). The number of rotatable bonds is 8. The minimum atomic E-state index is -0.596. The Balaban J connectivity index is 2.02. The van der Waals surface area contributed by atoms with Crippen molar-refractivity contribution in [3.05, 3.63) is 48.5 Å². The van der Waals surface area contributed by atoms with E-state index in [4.69, 9.17) is 19.2 Å². The number of nitrogens with one attached hydrogen (secondary N) is 1. The molecular formula is C21H24N2O4. The number of aliphatic hydroxyl groups is 1. The van der Waals surface area contributed by atoms with Crippen LogP contribution in [0.25, 0.3) is 22.2 Å². The highest BCUT2D eigenvalue weighted by molar-refractivity contribution is 5.89. The van der Waals surface area contributed by atoms with Crippen molar-refractivity contribution >= 4 is 10.9 Å². The molecule has 0 radical (unpaired) electrons. The summed E-state index contributed by atoms with van der Waals surface area (Å²) in [5, 5.41) is 13.8. The minimum absolute atomic E-state index is 0.189. The SMILES string of the molecule is CNCC(O)COc1cc(-c2ccc(OC)cc2)nc2cc(OC)ccc12. The molecule has 0 saturated carbocycles. The number of hydrogen-bond acceptors (Lipinski definition) is 6. The second-order valence-electron chi connectivity index (χ2n) is 6.14. The van der Waals surface area contributed by atoms with Crippen molar-refractivity contribution in [2.75, 3.05) is 34.4 Å². The molecule has 1 atom stereocenters. The quantitative estimate of drug-likeness (QED) is 0.637. The molecule has 1 unspecified atom stereocenters. The first-order valence-corrected chi connectivity index (χ1v) is 8.73. The summed E-state index contributed by atoms with van der Waals surface area (Å²) in [6, 6.07) is 15.2. The van der Waals surface area contributed by atoms with E-state index >= 15 is 0 Å². The third kappa shape index (κ3) is 4.48. The average molecular weight is 368 g/mol. The lowest BCUT2D eigenvalue weighted by Crippen LogP contribution is -2.29. The van der Waals surface area contributed by atoms with E-state index in [-0.39, 0.29) is 6.61 Å². The van der Waals surface area contributed by atoms with Crippen LogP contribution < -0.4 is 19.5 Å². The van der Waals surface area contributed by atoms with Crippen LogP contribution in [0, 0.1) is 0 Å². The van der Waals surface area contributed by atoms with Crippen LogP contribution in [-0.2, 0) is 0 Å². The molecule has 6 heteroatoms. The third-order valence-corrected chi connectivity index (χ3v) is 4.24. The van der Waals surface area contributed by atoms with Crippen LogP contribution in [0.3, 0.4) is 0 Å². The Labute approximate surface area is 158 Å². The number of benzene rings is 2. The van der Waals surface area contributed by atoms with Gasteiger partial charge in [0.1, 0.15) is 30.0 Å². The lowest BCUT2D eigenvalue weighted by atomic mass is 10.1. The summed E-state index contributed by atoms with van der Waals surface area (Å²) < 4.78 is 16.5. The smallest absolute Gasteiger partial charge is 0.131 e. The maximum atomic E-state index is 9.97. The molecule has 1 aromatic heterocycles. The van der Waals surface area contributed by atoms with Gasteiger partial charge in [0.2, 0.25) is 0 Å². The highest BCUT2D eigenvalue weighted by atomic mass is 16.5. The Morgan fingerprint density at radius 2 is 1.70 bits per heavy atom. The van der Waals surface area contributed by atoms with E-state index in [1.807, 2.05) is 48.5 Å². The number of ether oxygens (including phenoxy) is 3. The first kappa shape index (κ1) is 18.9. The Bertz CT molecular complexity index is 897. The summed E-state index contributed by atoms with van der Waals surface area (Å²) >= 11 is 0. The van der Waals surface area contributed by atoms with Crippen LogP contribution >= 0.6 is 0 Å². The number of fused-ring (bicyclic) bond motifs is 1. The predicted octanol–water partition coefficient (Wildman–Crippen LogP) is 2.88. The van der Waals surface area contributed by atoms with Gasteiger partial charge in [-0.15, -0.1) is 0 Å². The second-order valence-corrected chi connectivity index (χ2v) is 6.14. The van der Waals surface area contributed by atoms with Gasteiger partial charge in [0.25, 0.3) is 0 Å². The van der Waals surface area contributed by atoms with Gasteiger partial charge in [-0.05, 0) is 43.4 Å². The lowest BCUT2D eigenvalue weighted by Gasteiger charge is -2.15. The standard InChI is InChI=1S/C21H24N2O4/c1-22-12-15(24)13-27-21-11-19(14-4-6-16(25-2)7-5-14)23-20-10-17(26-3)8-9-18(20)21/h4-11,15,22,24H,12-13H2,1-3H3.